The SMILES string of the molecule is INC1CC[Si]2(CCCC2)CC1. The van der Waals surface area contributed by atoms with E-state index < -0.39 is 8.07 Å². The van der Waals surface area contributed by atoms with E-state index in [-0.39, 0.29) is 0 Å². The van der Waals surface area contributed by atoms with Crippen molar-refractivity contribution >= 4 is 30.9 Å². The van der Waals surface area contributed by atoms with Gasteiger partial charge in [-0.15, -0.1) is 0 Å². The standard InChI is InChI=1S/C9H18INSi/c10-11-9-3-7-12(8-4-9)5-1-2-6-12/h9,11H,1-8H2. The van der Waals surface area contributed by atoms with Crippen molar-refractivity contribution in [3.63, 3.8) is 0 Å². The van der Waals surface area contributed by atoms with Gasteiger partial charge in [0, 0.05) is 28.9 Å². The molecule has 2 heterocycles. The van der Waals surface area contributed by atoms with Crippen LogP contribution in [-0.2, 0) is 0 Å². The van der Waals surface area contributed by atoms with Gasteiger partial charge in [-0.3, -0.25) is 3.53 Å². The smallest absolute Gasteiger partial charge is 0.0537 e. The molecule has 2 saturated heterocycles. The lowest BCUT2D eigenvalue weighted by molar-refractivity contribution is 0.568. The van der Waals surface area contributed by atoms with Crippen molar-refractivity contribution < 1.29 is 0 Å². The molecule has 2 aliphatic rings. The first-order valence-electron chi connectivity index (χ1n) is 5.21. The van der Waals surface area contributed by atoms with E-state index in [0.717, 1.165) is 6.04 Å². The van der Waals surface area contributed by atoms with E-state index in [1.165, 1.54) is 12.8 Å². The van der Waals surface area contributed by atoms with Gasteiger partial charge in [0.15, 0.2) is 0 Å². The summed E-state index contributed by atoms with van der Waals surface area (Å²) in [5, 5.41) is 0. The first-order chi connectivity index (χ1) is 5.85. The van der Waals surface area contributed by atoms with Crippen LogP contribution in [0.15, 0.2) is 0 Å². The Balaban J connectivity index is 1.88. The number of nitrogens with one attached hydrogen (secondary N) is 1. The van der Waals surface area contributed by atoms with Crippen molar-refractivity contribution in [2.75, 3.05) is 0 Å². The van der Waals surface area contributed by atoms with Crippen LogP contribution in [0.5, 0.6) is 0 Å². The zero-order valence-corrected chi connectivity index (χ0v) is 10.8. The Hall–Kier alpha value is 0.907. The third kappa shape index (κ3) is 1.87. The third-order valence-electron chi connectivity index (χ3n) is 3.86. The molecule has 0 aromatic carbocycles. The highest BCUT2D eigenvalue weighted by Crippen LogP contribution is 2.42. The minimum atomic E-state index is -0.621. The molecule has 1 N–H and O–H groups in total. The number of hydrogen-bond acceptors (Lipinski definition) is 1. The monoisotopic (exact) mass is 295 g/mol. The van der Waals surface area contributed by atoms with Gasteiger partial charge >= 0.3 is 0 Å². The summed E-state index contributed by atoms with van der Waals surface area (Å²) < 4.78 is 3.40. The van der Waals surface area contributed by atoms with E-state index in [0.29, 0.717) is 0 Å². The molecule has 12 heavy (non-hydrogen) atoms. The van der Waals surface area contributed by atoms with Crippen LogP contribution < -0.4 is 3.53 Å². The molecule has 0 saturated carbocycles. The van der Waals surface area contributed by atoms with Gasteiger partial charge < -0.3 is 0 Å². The van der Waals surface area contributed by atoms with Gasteiger partial charge in [-0.1, -0.05) is 37.0 Å². The maximum absolute atomic E-state index is 3.40. The third-order valence-corrected chi connectivity index (χ3v) is 10.3. The first kappa shape index (κ1) is 9.46. The summed E-state index contributed by atoms with van der Waals surface area (Å²) in [7, 11) is -0.621. The van der Waals surface area contributed by atoms with Crippen molar-refractivity contribution in [3.8, 4) is 0 Å². The predicted octanol–water partition coefficient (Wildman–Crippen LogP) is 3.33. The van der Waals surface area contributed by atoms with Crippen LogP contribution in [0.1, 0.15) is 25.7 Å². The fraction of sp³-hybridized carbons (Fsp3) is 1.00. The molecule has 2 rings (SSSR count). The van der Waals surface area contributed by atoms with Gasteiger partial charge in [0.05, 0.1) is 8.07 Å². The molecule has 0 aromatic heterocycles. The Bertz CT molecular complexity index is 147. The highest BCUT2D eigenvalue weighted by Gasteiger charge is 2.38. The molecule has 1 spiro atoms. The van der Waals surface area contributed by atoms with Crippen LogP contribution in [0, 0.1) is 0 Å². The van der Waals surface area contributed by atoms with Gasteiger partial charge in [0.25, 0.3) is 0 Å². The molecule has 0 bridgehead atoms. The van der Waals surface area contributed by atoms with E-state index in [9.17, 15) is 0 Å². The number of hydrogen-bond donors (Lipinski definition) is 1. The van der Waals surface area contributed by atoms with Gasteiger partial charge in [-0.25, -0.2) is 0 Å². The van der Waals surface area contributed by atoms with Crippen LogP contribution in [0.2, 0.25) is 24.2 Å². The Labute approximate surface area is 90.2 Å². The molecule has 0 atom stereocenters. The lowest BCUT2D eigenvalue weighted by Gasteiger charge is -2.34. The second kappa shape index (κ2) is 3.96. The van der Waals surface area contributed by atoms with E-state index >= 15 is 0 Å². The summed E-state index contributed by atoms with van der Waals surface area (Å²) in [6.07, 6.45) is 6.09. The maximum atomic E-state index is 3.40. The first-order valence-corrected chi connectivity index (χ1v) is 9.12. The van der Waals surface area contributed by atoms with E-state index in [2.05, 4.69) is 26.4 Å². The Morgan fingerprint density at radius 1 is 1.00 bits per heavy atom. The van der Waals surface area contributed by atoms with Crippen LogP contribution in [0.3, 0.4) is 0 Å². The predicted molar refractivity (Wildman–Crippen MR) is 64.4 cm³/mol. The van der Waals surface area contributed by atoms with Crippen LogP contribution in [0.4, 0.5) is 0 Å². The molecule has 3 heteroatoms. The van der Waals surface area contributed by atoms with E-state index in [4.69, 9.17) is 0 Å². The molecular formula is C9H18INSi. The molecule has 70 valence electrons. The van der Waals surface area contributed by atoms with Crippen molar-refractivity contribution in [2.24, 2.45) is 0 Å². The normalized spacial score (nSPS) is 29.8. The minimum Gasteiger partial charge on any atom is -0.258 e. The summed E-state index contributed by atoms with van der Waals surface area (Å²) >= 11 is 2.32. The lowest BCUT2D eigenvalue weighted by atomic mass is 10.2. The molecule has 2 aliphatic heterocycles. The zero-order chi connectivity index (χ0) is 8.44. The quantitative estimate of drug-likeness (QED) is 0.444. The average molecular weight is 295 g/mol. The van der Waals surface area contributed by atoms with Gasteiger partial charge in [0.1, 0.15) is 0 Å². The highest BCUT2D eigenvalue weighted by atomic mass is 127. The van der Waals surface area contributed by atoms with E-state index in [1.807, 2.05) is 0 Å². The molecule has 0 amide bonds. The summed E-state index contributed by atoms with van der Waals surface area (Å²) in [5.41, 5.74) is 0. The number of halogens is 1. The molecule has 0 unspecified atom stereocenters. The van der Waals surface area contributed by atoms with Crippen molar-refractivity contribution in [1.29, 1.82) is 0 Å². The van der Waals surface area contributed by atoms with Gasteiger partial charge in [-0.05, 0) is 12.8 Å². The Morgan fingerprint density at radius 2 is 1.58 bits per heavy atom. The molecular weight excluding hydrogens is 277 g/mol. The van der Waals surface area contributed by atoms with Crippen molar-refractivity contribution in [3.05, 3.63) is 0 Å². The van der Waals surface area contributed by atoms with Crippen LogP contribution in [0.25, 0.3) is 0 Å². The van der Waals surface area contributed by atoms with E-state index in [1.54, 1.807) is 37.0 Å². The van der Waals surface area contributed by atoms with Gasteiger partial charge in [0.2, 0.25) is 0 Å². The molecule has 0 aliphatic carbocycles. The molecule has 0 aromatic rings. The topological polar surface area (TPSA) is 12.0 Å². The van der Waals surface area contributed by atoms with Crippen molar-refractivity contribution in [1.82, 2.24) is 3.53 Å². The zero-order valence-electron chi connectivity index (χ0n) is 7.61. The lowest BCUT2D eigenvalue weighted by Crippen LogP contribution is -2.39. The molecule has 0 radical (unpaired) electrons. The summed E-state index contributed by atoms with van der Waals surface area (Å²) in [4.78, 5) is 0. The Kier molecular flexibility index (Phi) is 3.12. The fourth-order valence-corrected chi connectivity index (χ4v) is 9.01. The highest BCUT2D eigenvalue weighted by molar-refractivity contribution is 14.1. The fourth-order valence-electron chi connectivity index (χ4n) is 2.96. The largest absolute Gasteiger partial charge is 0.258 e. The second-order valence-corrected chi connectivity index (χ2v) is 10.2. The summed E-state index contributed by atoms with van der Waals surface area (Å²) in [5.74, 6) is 0. The van der Waals surface area contributed by atoms with Gasteiger partial charge in [-0.2, -0.15) is 0 Å². The molecule has 2 fully saturated rings. The number of rotatable bonds is 1. The summed E-state index contributed by atoms with van der Waals surface area (Å²) in [6.45, 7) is 0. The minimum absolute atomic E-state index is 0.621. The van der Waals surface area contributed by atoms with Crippen LogP contribution >= 0.6 is 22.9 Å². The van der Waals surface area contributed by atoms with Crippen LogP contribution in [-0.4, -0.2) is 14.1 Å². The molecule has 1 nitrogen and oxygen atoms in total. The van der Waals surface area contributed by atoms with Crippen molar-refractivity contribution in [2.45, 2.75) is 55.9 Å². The Morgan fingerprint density at radius 3 is 2.08 bits per heavy atom. The summed E-state index contributed by atoms with van der Waals surface area (Å²) in [6, 6.07) is 7.45. The second-order valence-electron chi connectivity index (χ2n) is 4.59. The average Bonchev–Trinajstić information content (AvgIpc) is 2.55. The maximum Gasteiger partial charge on any atom is 0.0537 e.